The highest BCUT2D eigenvalue weighted by molar-refractivity contribution is 5.86. The zero-order chi connectivity index (χ0) is 29.6. The van der Waals surface area contributed by atoms with Crippen LogP contribution in [0.3, 0.4) is 0 Å². The highest BCUT2D eigenvalue weighted by Crippen LogP contribution is 2.35. The summed E-state index contributed by atoms with van der Waals surface area (Å²) < 4.78 is 28.1. The summed E-state index contributed by atoms with van der Waals surface area (Å²) in [5.74, 6) is -0.457. The molecule has 2 aliphatic rings. The Labute approximate surface area is 231 Å². The molecular formula is C27H30O14. The topological polar surface area (TPSA) is 229 Å². The van der Waals surface area contributed by atoms with Gasteiger partial charge in [-0.2, -0.15) is 0 Å². The minimum absolute atomic E-state index is 0.0145. The predicted octanol–water partition coefficient (Wildman–Crippen LogP) is -1.10. The van der Waals surface area contributed by atoms with Crippen LogP contribution in [-0.4, -0.2) is 109 Å². The lowest BCUT2D eigenvalue weighted by Gasteiger charge is -2.45. The van der Waals surface area contributed by atoms with E-state index in [4.69, 9.17) is 23.4 Å². The van der Waals surface area contributed by atoms with Gasteiger partial charge in [-0.05, 0) is 31.2 Å². The number of ether oxygens (including phenoxy) is 4. The summed E-state index contributed by atoms with van der Waals surface area (Å²) >= 11 is 0. The molecule has 41 heavy (non-hydrogen) atoms. The van der Waals surface area contributed by atoms with Crippen LogP contribution in [-0.2, 0) is 14.2 Å². The van der Waals surface area contributed by atoms with E-state index < -0.39 is 73.4 Å². The zero-order valence-electron chi connectivity index (χ0n) is 21.5. The fraction of sp³-hybridized carbons (Fsp3) is 0.444. The Morgan fingerprint density at radius 2 is 1.49 bits per heavy atom. The first-order valence-electron chi connectivity index (χ1n) is 12.7. The summed E-state index contributed by atoms with van der Waals surface area (Å²) in [5, 5.41) is 81.5. The van der Waals surface area contributed by atoms with E-state index in [0.717, 1.165) is 6.07 Å². The third-order valence-corrected chi connectivity index (χ3v) is 7.09. The van der Waals surface area contributed by atoms with Crippen molar-refractivity contribution < 1.29 is 64.2 Å². The number of phenolic OH excluding ortho intramolecular Hbond substituents is 2. The van der Waals surface area contributed by atoms with E-state index in [1.807, 2.05) is 0 Å². The van der Waals surface area contributed by atoms with E-state index in [9.17, 15) is 45.6 Å². The van der Waals surface area contributed by atoms with E-state index >= 15 is 0 Å². The number of aliphatic hydroxyl groups is 6. The molecule has 14 nitrogen and oxygen atoms in total. The quantitative estimate of drug-likeness (QED) is 0.174. The third-order valence-electron chi connectivity index (χ3n) is 7.09. The summed E-state index contributed by atoms with van der Waals surface area (Å²) in [6.45, 7) is 0.673. The van der Waals surface area contributed by atoms with Gasteiger partial charge in [0.2, 0.25) is 6.29 Å². The number of rotatable bonds is 6. The van der Waals surface area contributed by atoms with Gasteiger partial charge in [0.25, 0.3) is 0 Å². The molecule has 2 fully saturated rings. The van der Waals surface area contributed by atoms with Gasteiger partial charge in [0, 0.05) is 23.8 Å². The highest BCUT2D eigenvalue weighted by atomic mass is 16.7. The third kappa shape index (κ3) is 5.61. The van der Waals surface area contributed by atoms with Crippen molar-refractivity contribution in [1.29, 1.82) is 0 Å². The van der Waals surface area contributed by atoms with E-state index in [2.05, 4.69) is 0 Å². The number of hydrogen-bond acceptors (Lipinski definition) is 14. The smallest absolute Gasteiger partial charge is 0.229 e. The number of benzene rings is 2. The van der Waals surface area contributed by atoms with Gasteiger partial charge in [-0.15, -0.1) is 0 Å². The molecule has 10 atom stereocenters. The molecular weight excluding hydrogens is 548 g/mol. The number of fused-ring (bicyclic) bond motifs is 1. The second kappa shape index (κ2) is 11.5. The number of hydrogen-bond donors (Lipinski definition) is 8. The number of aliphatic hydroxyl groups excluding tert-OH is 6. The molecule has 0 amide bonds. The zero-order valence-corrected chi connectivity index (χ0v) is 21.5. The first kappa shape index (κ1) is 29.2. The minimum Gasteiger partial charge on any atom is -0.508 e. The van der Waals surface area contributed by atoms with E-state index in [1.165, 1.54) is 43.3 Å². The second-order valence-corrected chi connectivity index (χ2v) is 9.95. The van der Waals surface area contributed by atoms with Crippen LogP contribution in [0.1, 0.15) is 6.92 Å². The normalized spacial score (nSPS) is 34.0. The molecule has 0 bridgehead atoms. The average Bonchev–Trinajstić information content (AvgIpc) is 2.94. The molecule has 5 rings (SSSR count). The standard InChI is InChI=1S/C27H30O14/c1-10-20(32)21(33)23(35)26(37-10)41-25-18(9-28)40-27(24(36)22(25)34)39-17-7-13(30)6-16-19(17)14(31)8-15(38-16)11-2-4-12(29)5-3-11/h2-8,10,18,20-30,32-36H,9H2,1H3/t10-,18-,20+,21-,22-,23-,24-,25+,26+,27-/m1/s1. The summed E-state index contributed by atoms with van der Waals surface area (Å²) in [4.78, 5) is 13.1. The highest BCUT2D eigenvalue weighted by Gasteiger charge is 2.50. The van der Waals surface area contributed by atoms with E-state index in [-0.39, 0.29) is 34.0 Å². The van der Waals surface area contributed by atoms with Gasteiger partial charge in [0.1, 0.15) is 76.7 Å². The van der Waals surface area contributed by atoms with Gasteiger partial charge in [-0.25, -0.2) is 0 Å². The van der Waals surface area contributed by atoms with Crippen LogP contribution < -0.4 is 10.2 Å². The maximum absolute atomic E-state index is 13.1. The average molecular weight is 579 g/mol. The fourth-order valence-electron chi connectivity index (χ4n) is 4.82. The lowest BCUT2D eigenvalue weighted by molar-refractivity contribution is -0.349. The largest absolute Gasteiger partial charge is 0.508 e. The van der Waals surface area contributed by atoms with Crippen molar-refractivity contribution in [2.24, 2.45) is 0 Å². The molecule has 0 saturated carbocycles. The Bertz CT molecular complexity index is 1420. The molecule has 1 aromatic heterocycles. The van der Waals surface area contributed by atoms with Crippen molar-refractivity contribution in [1.82, 2.24) is 0 Å². The monoisotopic (exact) mass is 578 g/mol. The van der Waals surface area contributed by atoms with Gasteiger partial charge in [-0.1, -0.05) is 0 Å². The molecule has 0 spiro atoms. The molecule has 14 heteroatoms. The molecule has 0 radical (unpaired) electrons. The lowest BCUT2D eigenvalue weighted by atomic mass is 9.97. The van der Waals surface area contributed by atoms with Crippen molar-refractivity contribution in [2.45, 2.75) is 68.3 Å². The molecule has 222 valence electrons. The van der Waals surface area contributed by atoms with Crippen molar-refractivity contribution in [3.8, 4) is 28.6 Å². The van der Waals surface area contributed by atoms with Crippen LogP contribution in [0.4, 0.5) is 0 Å². The molecule has 0 unspecified atom stereocenters. The van der Waals surface area contributed by atoms with Crippen LogP contribution >= 0.6 is 0 Å². The molecule has 2 aromatic carbocycles. The Morgan fingerprint density at radius 3 is 2.17 bits per heavy atom. The first-order valence-corrected chi connectivity index (χ1v) is 12.7. The first-order chi connectivity index (χ1) is 19.5. The van der Waals surface area contributed by atoms with Crippen molar-refractivity contribution in [2.75, 3.05) is 6.61 Å². The lowest BCUT2D eigenvalue weighted by Crippen LogP contribution is -2.64. The van der Waals surface area contributed by atoms with Gasteiger partial charge < -0.3 is 64.2 Å². The number of aromatic hydroxyl groups is 2. The summed E-state index contributed by atoms with van der Waals surface area (Å²) in [6.07, 6.45) is -15.4. The summed E-state index contributed by atoms with van der Waals surface area (Å²) in [6, 6.07) is 9.31. The van der Waals surface area contributed by atoms with Crippen molar-refractivity contribution in [3.63, 3.8) is 0 Å². The van der Waals surface area contributed by atoms with E-state index in [0.29, 0.717) is 5.56 Å². The molecule has 3 heterocycles. The Hall–Kier alpha value is -3.31. The van der Waals surface area contributed by atoms with Crippen LogP contribution in [0.2, 0.25) is 0 Å². The van der Waals surface area contributed by atoms with Gasteiger partial charge >= 0.3 is 0 Å². The summed E-state index contributed by atoms with van der Waals surface area (Å²) in [5.41, 5.74) is -0.171. The Morgan fingerprint density at radius 1 is 0.805 bits per heavy atom. The fourth-order valence-corrected chi connectivity index (χ4v) is 4.82. The van der Waals surface area contributed by atoms with Crippen LogP contribution in [0.25, 0.3) is 22.3 Å². The van der Waals surface area contributed by atoms with Crippen molar-refractivity contribution >= 4 is 11.0 Å². The molecule has 0 aliphatic carbocycles. The van der Waals surface area contributed by atoms with Gasteiger partial charge in [0.15, 0.2) is 11.7 Å². The molecule has 8 N–H and O–H groups in total. The van der Waals surface area contributed by atoms with E-state index in [1.54, 1.807) is 0 Å². The molecule has 3 aromatic rings. The van der Waals surface area contributed by atoms with Gasteiger partial charge in [0.05, 0.1) is 12.7 Å². The molecule has 2 saturated heterocycles. The molecule has 2 aliphatic heterocycles. The van der Waals surface area contributed by atoms with Crippen LogP contribution in [0.15, 0.2) is 51.7 Å². The Balaban J connectivity index is 1.40. The van der Waals surface area contributed by atoms with Crippen LogP contribution in [0, 0.1) is 0 Å². The van der Waals surface area contributed by atoms with Gasteiger partial charge in [-0.3, -0.25) is 4.79 Å². The number of phenols is 2. The summed E-state index contributed by atoms with van der Waals surface area (Å²) in [7, 11) is 0. The Kier molecular flexibility index (Phi) is 8.20. The SMILES string of the molecule is C[C@H]1O[C@@H](O[C@@H]2[C@H](O)[C@@H](O)[C@H](Oc3cc(O)cc4oc(-c5ccc(O)cc5)cc(=O)c34)O[C@@H]2CO)[C@H](O)[C@H](O)[C@H]1O. The maximum Gasteiger partial charge on any atom is 0.229 e. The van der Waals surface area contributed by atoms with Crippen molar-refractivity contribution in [3.05, 3.63) is 52.7 Å². The minimum atomic E-state index is -1.84. The maximum atomic E-state index is 13.1. The van der Waals surface area contributed by atoms with Crippen LogP contribution in [0.5, 0.6) is 17.2 Å². The second-order valence-electron chi connectivity index (χ2n) is 9.95. The predicted molar refractivity (Wildman–Crippen MR) is 137 cm³/mol.